The summed E-state index contributed by atoms with van der Waals surface area (Å²) >= 11 is 5.95. The third-order valence-corrected chi connectivity index (χ3v) is 5.96. The van der Waals surface area contributed by atoms with Crippen molar-refractivity contribution in [2.75, 3.05) is 36.4 Å². The molecule has 0 radical (unpaired) electrons. The van der Waals surface area contributed by atoms with E-state index in [0.29, 0.717) is 18.1 Å². The van der Waals surface area contributed by atoms with Crippen LogP contribution < -0.4 is 10.2 Å². The van der Waals surface area contributed by atoms with Crippen molar-refractivity contribution in [3.8, 4) is 11.3 Å². The van der Waals surface area contributed by atoms with E-state index >= 15 is 0 Å². The van der Waals surface area contributed by atoms with E-state index in [1.807, 2.05) is 53.4 Å². The van der Waals surface area contributed by atoms with Crippen LogP contribution in [-0.4, -0.2) is 47.3 Å². The first-order chi connectivity index (χ1) is 15.6. The Morgan fingerprint density at radius 2 is 1.66 bits per heavy atom. The van der Waals surface area contributed by atoms with Gasteiger partial charge in [0.15, 0.2) is 5.82 Å². The Morgan fingerprint density at radius 1 is 0.938 bits per heavy atom. The van der Waals surface area contributed by atoms with Crippen LogP contribution in [0.5, 0.6) is 0 Å². The molecule has 0 unspecified atom stereocenters. The first-order valence-corrected chi connectivity index (χ1v) is 11.5. The Hall–Kier alpha value is -3.12. The second-order valence-electron chi connectivity index (χ2n) is 7.99. The molecule has 1 N–H and O–H groups in total. The maximum absolute atomic E-state index is 12.7. The predicted molar refractivity (Wildman–Crippen MR) is 130 cm³/mol. The summed E-state index contributed by atoms with van der Waals surface area (Å²) in [5.74, 6) is 0.824. The number of benzene rings is 2. The second kappa shape index (κ2) is 10.5. The van der Waals surface area contributed by atoms with Crippen molar-refractivity contribution >= 4 is 29.1 Å². The molecule has 1 aliphatic heterocycles. The third kappa shape index (κ3) is 5.56. The molecule has 2 heterocycles. The van der Waals surface area contributed by atoms with Crippen molar-refractivity contribution in [2.45, 2.75) is 26.2 Å². The van der Waals surface area contributed by atoms with Crippen LogP contribution in [0.1, 0.15) is 25.3 Å². The smallest absolute Gasteiger partial charge is 0.321 e. The highest BCUT2D eigenvalue weighted by Gasteiger charge is 2.22. The molecular formula is C25H28ClN5O. The lowest BCUT2D eigenvalue weighted by Gasteiger charge is -2.35. The number of halogens is 1. The largest absolute Gasteiger partial charge is 0.352 e. The summed E-state index contributed by atoms with van der Waals surface area (Å²) in [7, 11) is 0. The number of amides is 2. The van der Waals surface area contributed by atoms with Gasteiger partial charge in [0.25, 0.3) is 0 Å². The summed E-state index contributed by atoms with van der Waals surface area (Å²) in [4.78, 5) is 16.7. The minimum atomic E-state index is -0.0601. The number of urea groups is 1. The standard InChI is InChI=1S/C25H28ClN5O/c1-2-3-4-19-5-11-22(12-6-19)27-25(32)31-17-15-30(16-18-31)24-14-13-23(28-29-24)20-7-9-21(26)10-8-20/h5-14H,2-4,15-18H2,1H3,(H,27,32). The number of carbonyl (C=O) groups excluding carboxylic acids is 1. The number of unbranched alkanes of at least 4 members (excludes halogenated alkanes) is 1. The van der Waals surface area contributed by atoms with Crippen molar-refractivity contribution in [3.63, 3.8) is 0 Å². The molecule has 0 spiro atoms. The minimum absolute atomic E-state index is 0.0601. The maximum atomic E-state index is 12.7. The van der Waals surface area contributed by atoms with Crippen LogP contribution in [0.2, 0.25) is 5.02 Å². The van der Waals surface area contributed by atoms with Gasteiger partial charge in [0.2, 0.25) is 0 Å². The lowest BCUT2D eigenvalue weighted by atomic mass is 10.1. The number of piperazine rings is 1. The monoisotopic (exact) mass is 449 g/mol. The van der Waals surface area contributed by atoms with E-state index < -0.39 is 0 Å². The van der Waals surface area contributed by atoms with E-state index in [0.717, 1.165) is 42.3 Å². The summed E-state index contributed by atoms with van der Waals surface area (Å²) in [6, 6.07) is 19.6. The van der Waals surface area contributed by atoms with E-state index in [1.54, 1.807) is 0 Å². The van der Waals surface area contributed by atoms with Crippen LogP contribution in [0, 0.1) is 0 Å². The van der Waals surface area contributed by atoms with Crippen LogP contribution in [0.4, 0.5) is 16.3 Å². The number of hydrogen-bond donors (Lipinski definition) is 1. The molecule has 2 amide bonds. The average molecular weight is 450 g/mol. The molecule has 32 heavy (non-hydrogen) atoms. The van der Waals surface area contributed by atoms with Crippen molar-refractivity contribution in [1.29, 1.82) is 0 Å². The van der Waals surface area contributed by atoms with Gasteiger partial charge in [0.05, 0.1) is 5.69 Å². The highest BCUT2D eigenvalue weighted by atomic mass is 35.5. The van der Waals surface area contributed by atoms with Crippen molar-refractivity contribution < 1.29 is 4.79 Å². The van der Waals surface area contributed by atoms with Gasteiger partial charge in [-0.1, -0.05) is 49.2 Å². The van der Waals surface area contributed by atoms with Crippen molar-refractivity contribution in [2.24, 2.45) is 0 Å². The molecule has 7 heteroatoms. The molecule has 0 atom stereocenters. The molecule has 1 fully saturated rings. The van der Waals surface area contributed by atoms with Crippen LogP contribution in [0.3, 0.4) is 0 Å². The third-order valence-electron chi connectivity index (χ3n) is 5.71. The first kappa shape index (κ1) is 22.1. The van der Waals surface area contributed by atoms with Gasteiger partial charge in [-0.05, 0) is 54.8 Å². The Labute approximate surface area is 194 Å². The van der Waals surface area contributed by atoms with Gasteiger partial charge in [-0.15, -0.1) is 10.2 Å². The van der Waals surface area contributed by atoms with E-state index in [9.17, 15) is 4.79 Å². The lowest BCUT2D eigenvalue weighted by Crippen LogP contribution is -2.50. The summed E-state index contributed by atoms with van der Waals surface area (Å²) in [5.41, 5.74) is 3.93. The number of rotatable bonds is 6. The van der Waals surface area contributed by atoms with Gasteiger partial charge >= 0.3 is 6.03 Å². The van der Waals surface area contributed by atoms with Gasteiger partial charge in [0.1, 0.15) is 0 Å². The number of hydrogen-bond acceptors (Lipinski definition) is 4. The SMILES string of the molecule is CCCCc1ccc(NC(=O)N2CCN(c3ccc(-c4ccc(Cl)cc4)nn3)CC2)cc1. The molecule has 1 aromatic heterocycles. The Morgan fingerprint density at radius 3 is 2.28 bits per heavy atom. The van der Waals surface area contributed by atoms with E-state index in [1.165, 1.54) is 18.4 Å². The molecule has 0 saturated carbocycles. The number of aryl methyl sites for hydroxylation is 1. The maximum Gasteiger partial charge on any atom is 0.321 e. The summed E-state index contributed by atoms with van der Waals surface area (Å²) < 4.78 is 0. The fraction of sp³-hybridized carbons (Fsp3) is 0.320. The average Bonchev–Trinajstić information content (AvgIpc) is 2.84. The number of nitrogens with one attached hydrogen (secondary N) is 1. The predicted octanol–water partition coefficient (Wildman–Crippen LogP) is 5.49. The summed E-state index contributed by atoms with van der Waals surface area (Å²) in [6.45, 7) is 4.91. The van der Waals surface area contributed by atoms with Gasteiger partial charge in [0, 0.05) is 42.5 Å². The number of aromatic nitrogens is 2. The highest BCUT2D eigenvalue weighted by Crippen LogP contribution is 2.21. The van der Waals surface area contributed by atoms with Crippen molar-refractivity contribution in [1.82, 2.24) is 15.1 Å². The second-order valence-corrected chi connectivity index (χ2v) is 8.42. The highest BCUT2D eigenvalue weighted by molar-refractivity contribution is 6.30. The summed E-state index contributed by atoms with van der Waals surface area (Å²) in [6.07, 6.45) is 3.45. The molecule has 2 aromatic carbocycles. The van der Waals surface area contributed by atoms with E-state index in [2.05, 4.69) is 39.5 Å². The van der Waals surface area contributed by atoms with E-state index in [-0.39, 0.29) is 6.03 Å². The lowest BCUT2D eigenvalue weighted by molar-refractivity contribution is 0.208. The van der Waals surface area contributed by atoms with Crippen LogP contribution in [-0.2, 0) is 6.42 Å². The molecule has 0 bridgehead atoms. The fourth-order valence-corrected chi connectivity index (χ4v) is 3.87. The minimum Gasteiger partial charge on any atom is -0.352 e. The summed E-state index contributed by atoms with van der Waals surface area (Å²) in [5, 5.41) is 12.5. The fourth-order valence-electron chi connectivity index (χ4n) is 3.75. The van der Waals surface area contributed by atoms with Crippen LogP contribution in [0.15, 0.2) is 60.7 Å². The number of carbonyl (C=O) groups is 1. The van der Waals surface area contributed by atoms with E-state index in [4.69, 9.17) is 11.6 Å². The van der Waals surface area contributed by atoms with Gasteiger partial charge in [-0.2, -0.15) is 0 Å². The van der Waals surface area contributed by atoms with Gasteiger partial charge in [-0.25, -0.2) is 4.79 Å². The normalized spacial score (nSPS) is 13.8. The quantitative estimate of drug-likeness (QED) is 0.540. The molecule has 1 saturated heterocycles. The zero-order valence-corrected chi connectivity index (χ0v) is 19.1. The molecule has 3 aromatic rings. The Balaban J connectivity index is 1.29. The van der Waals surface area contributed by atoms with Crippen molar-refractivity contribution in [3.05, 3.63) is 71.2 Å². The zero-order valence-electron chi connectivity index (χ0n) is 18.3. The molecule has 1 aliphatic rings. The zero-order chi connectivity index (χ0) is 22.3. The molecule has 4 rings (SSSR count). The molecule has 6 nitrogen and oxygen atoms in total. The van der Waals surface area contributed by atoms with Gasteiger partial charge < -0.3 is 15.1 Å². The molecular weight excluding hydrogens is 422 g/mol. The Bertz CT molecular complexity index is 1010. The number of anilines is 2. The van der Waals surface area contributed by atoms with Crippen LogP contribution in [0.25, 0.3) is 11.3 Å². The number of nitrogens with zero attached hydrogens (tertiary/aromatic N) is 4. The molecule has 166 valence electrons. The van der Waals surface area contributed by atoms with Crippen LogP contribution >= 0.6 is 11.6 Å². The topological polar surface area (TPSA) is 61.4 Å². The van der Waals surface area contributed by atoms with Gasteiger partial charge in [-0.3, -0.25) is 0 Å². The first-order valence-electron chi connectivity index (χ1n) is 11.1. The molecule has 0 aliphatic carbocycles. The Kier molecular flexibility index (Phi) is 7.22.